The Bertz CT molecular complexity index is 593. The van der Waals surface area contributed by atoms with Crippen LogP contribution in [0.3, 0.4) is 0 Å². The van der Waals surface area contributed by atoms with Gasteiger partial charge in [0.15, 0.2) is 0 Å². The number of nitriles is 1. The molecule has 2 N–H and O–H groups in total. The maximum atomic E-state index is 9.26. The van der Waals surface area contributed by atoms with Crippen molar-refractivity contribution < 1.29 is 0 Å². The minimum absolute atomic E-state index is 0.205. The number of anilines is 1. The number of nitrogens with two attached hydrogens (primary N) is 1. The summed E-state index contributed by atoms with van der Waals surface area (Å²) in [5, 5.41) is 13.8. The van der Waals surface area contributed by atoms with Crippen molar-refractivity contribution in [1.82, 2.24) is 9.78 Å². The molecule has 1 atom stereocenters. The Balaban J connectivity index is 2.38. The summed E-state index contributed by atoms with van der Waals surface area (Å²) >= 11 is 0. The zero-order valence-electron chi connectivity index (χ0n) is 11.3. The highest BCUT2D eigenvalue weighted by molar-refractivity contribution is 5.53. The van der Waals surface area contributed by atoms with Gasteiger partial charge in [-0.25, -0.2) is 4.68 Å². The van der Waals surface area contributed by atoms with Crippen LogP contribution in [0.15, 0.2) is 30.3 Å². The van der Waals surface area contributed by atoms with Crippen molar-refractivity contribution in [3.05, 3.63) is 47.2 Å². The first-order valence-electron chi connectivity index (χ1n) is 6.48. The van der Waals surface area contributed by atoms with Crippen LogP contribution in [0.5, 0.6) is 0 Å². The maximum absolute atomic E-state index is 9.26. The molecule has 2 rings (SSSR count). The zero-order valence-corrected chi connectivity index (χ0v) is 11.3. The standard InChI is InChI=1S/C15H18N4/c1-3-11(2)19-15(17)13(10-16)14(18-19)9-12-7-5-4-6-8-12/h4-8,11H,3,9,17H2,1-2H3/t11-/m0/s1. The van der Waals surface area contributed by atoms with Gasteiger partial charge in [-0.05, 0) is 18.9 Å². The van der Waals surface area contributed by atoms with Gasteiger partial charge in [-0.1, -0.05) is 37.3 Å². The first-order valence-corrected chi connectivity index (χ1v) is 6.48. The van der Waals surface area contributed by atoms with Crippen molar-refractivity contribution in [3.63, 3.8) is 0 Å². The number of benzene rings is 1. The second-order valence-corrected chi connectivity index (χ2v) is 4.68. The lowest BCUT2D eigenvalue weighted by atomic mass is 10.1. The van der Waals surface area contributed by atoms with Gasteiger partial charge in [0.2, 0.25) is 0 Å². The molecule has 4 nitrogen and oxygen atoms in total. The number of hydrogen-bond donors (Lipinski definition) is 1. The van der Waals surface area contributed by atoms with Gasteiger partial charge in [-0.15, -0.1) is 0 Å². The molecule has 0 saturated carbocycles. The first-order chi connectivity index (χ1) is 9.17. The Morgan fingerprint density at radius 1 is 1.37 bits per heavy atom. The Morgan fingerprint density at radius 2 is 2.05 bits per heavy atom. The number of rotatable bonds is 4. The van der Waals surface area contributed by atoms with Crippen molar-refractivity contribution >= 4 is 5.82 Å². The first kappa shape index (κ1) is 13.2. The molecule has 0 aliphatic heterocycles. The third-order valence-corrected chi connectivity index (χ3v) is 3.35. The highest BCUT2D eigenvalue weighted by Crippen LogP contribution is 2.23. The lowest BCUT2D eigenvalue weighted by Crippen LogP contribution is -2.09. The molecule has 98 valence electrons. The van der Waals surface area contributed by atoms with Crippen LogP contribution in [-0.2, 0) is 6.42 Å². The summed E-state index contributed by atoms with van der Waals surface area (Å²) in [6.45, 7) is 4.13. The molecule has 19 heavy (non-hydrogen) atoms. The van der Waals surface area contributed by atoms with Crippen LogP contribution in [0, 0.1) is 11.3 Å². The third-order valence-electron chi connectivity index (χ3n) is 3.35. The highest BCUT2D eigenvalue weighted by Gasteiger charge is 2.18. The molecule has 0 spiro atoms. The highest BCUT2D eigenvalue weighted by atomic mass is 15.3. The number of nitrogen functional groups attached to an aromatic ring is 1. The molecule has 1 aromatic carbocycles. The summed E-state index contributed by atoms with van der Waals surface area (Å²) < 4.78 is 1.76. The summed E-state index contributed by atoms with van der Waals surface area (Å²) in [6.07, 6.45) is 1.57. The molecule has 0 saturated heterocycles. The van der Waals surface area contributed by atoms with E-state index >= 15 is 0 Å². The van der Waals surface area contributed by atoms with E-state index in [1.54, 1.807) is 4.68 Å². The topological polar surface area (TPSA) is 67.6 Å². The van der Waals surface area contributed by atoms with Gasteiger partial charge >= 0.3 is 0 Å². The number of nitrogens with zero attached hydrogens (tertiary/aromatic N) is 3. The van der Waals surface area contributed by atoms with Gasteiger partial charge in [0.05, 0.1) is 11.7 Å². The van der Waals surface area contributed by atoms with E-state index in [-0.39, 0.29) is 6.04 Å². The second-order valence-electron chi connectivity index (χ2n) is 4.68. The molecule has 0 radical (unpaired) electrons. The molecule has 0 aliphatic carbocycles. The van der Waals surface area contributed by atoms with Crippen LogP contribution in [0.25, 0.3) is 0 Å². The van der Waals surface area contributed by atoms with Gasteiger partial charge in [-0.3, -0.25) is 0 Å². The molecule has 0 amide bonds. The SMILES string of the molecule is CC[C@H](C)n1nc(Cc2ccccc2)c(C#N)c1N. The van der Waals surface area contributed by atoms with Crippen LogP contribution < -0.4 is 5.73 Å². The molecular formula is C15H18N4. The predicted octanol–water partition coefficient (Wildman–Crippen LogP) is 2.90. The largest absolute Gasteiger partial charge is 0.383 e. The molecule has 0 unspecified atom stereocenters. The Morgan fingerprint density at radius 3 is 2.63 bits per heavy atom. The van der Waals surface area contributed by atoms with Gasteiger partial charge in [-0.2, -0.15) is 10.4 Å². The van der Waals surface area contributed by atoms with Gasteiger partial charge in [0.25, 0.3) is 0 Å². The van der Waals surface area contributed by atoms with Crippen LogP contribution >= 0.6 is 0 Å². The Hall–Kier alpha value is -2.28. The summed E-state index contributed by atoms with van der Waals surface area (Å²) in [5.41, 5.74) is 8.41. The molecule has 1 aromatic heterocycles. The summed E-state index contributed by atoms with van der Waals surface area (Å²) in [7, 11) is 0. The molecule has 4 heteroatoms. The molecular weight excluding hydrogens is 236 g/mol. The summed E-state index contributed by atoms with van der Waals surface area (Å²) in [6, 6.07) is 12.4. The summed E-state index contributed by atoms with van der Waals surface area (Å²) in [4.78, 5) is 0. The van der Waals surface area contributed by atoms with Crippen LogP contribution in [0.1, 0.15) is 43.1 Å². The van der Waals surface area contributed by atoms with Crippen molar-refractivity contribution in [1.29, 1.82) is 5.26 Å². The number of aromatic nitrogens is 2. The fraction of sp³-hybridized carbons (Fsp3) is 0.333. The average Bonchev–Trinajstić information content (AvgIpc) is 2.75. The average molecular weight is 254 g/mol. The monoisotopic (exact) mass is 254 g/mol. The lowest BCUT2D eigenvalue weighted by molar-refractivity contribution is 0.481. The second kappa shape index (κ2) is 5.57. The molecule has 0 fully saturated rings. The third kappa shape index (κ3) is 2.60. The summed E-state index contributed by atoms with van der Waals surface area (Å²) in [5.74, 6) is 0.475. The Kier molecular flexibility index (Phi) is 3.86. The van der Waals surface area contributed by atoms with E-state index in [2.05, 4.69) is 25.0 Å². The minimum Gasteiger partial charge on any atom is -0.383 e. The maximum Gasteiger partial charge on any atom is 0.140 e. The van der Waals surface area contributed by atoms with Crippen molar-refractivity contribution in [3.8, 4) is 6.07 Å². The fourth-order valence-electron chi connectivity index (χ4n) is 2.04. The van der Waals surface area contributed by atoms with Crippen molar-refractivity contribution in [2.24, 2.45) is 0 Å². The minimum atomic E-state index is 0.205. The van der Waals surface area contributed by atoms with E-state index in [1.807, 2.05) is 30.3 Å². The van der Waals surface area contributed by atoms with Crippen LogP contribution in [0.2, 0.25) is 0 Å². The van der Waals surface area contributed by atoms with E-state index < -0.39 is 0 Å². The lowest BCUT2D eigenvalue weighted by Gasteiger charge is -2.10. The van der Waals surface area contributed by atoms with Gasteiger partial charge in [0.1, 0.15) is 17.5 Å². The van der Waals surface area contributed by atoms with Crippen LogP contribution in [0.4, 0.5) is 5.82 Å². The quantitative estimate of drug-likeness (QED) is 0.912. The van der Waals surface area contributed by atoms with Crippen LogP contribution in [-0.4, -0.2) is 9.78 Å². The Labute approximate surface area is 113 Å². The van der Waals surface area contributed by atoms with E-state index in [9.17, 15) is 5.26 Å². The predicted molar refractivity (Wildman–Crippen MR) is 75.6 cm³/mol. The molecule has 0 aliphatic rings. The molecule has 2 aromatic rings. The fourth-order valence-corrected chi connectivity index (χ4v) is 2.04. The van der Waals surface area contributed by atoms with Crippen molar-refractivity contribution in [2.45, 2.75) is 32.7 Å². The van der Waals surface area contributed by atoms with E-state index in [0.717, 1.165) is 17.7 Å². The normalized spacial score (nSPS) is 12.1. The van der Waals surface area contributed by atoms with E-state index in [4.69, 9.17) is 5.73 Å². The van der Waals surface area contributed by atoms with Gasteiger partial charge < -0.3 is 5.73 Å². The van der Waals surface area contributed by atoms with Gasteiger partial charge in [0, 0.05) is 6.42 Å². The van der Waals surface area contributed by atoms with E-state index in [1.165, 1.54) is 0 Å². The number of hydrogen-bond acceptors (Lipinski definition) is 3. The smallest absolute Gasteiger partial charge is 0.140 e. The van der Waals surface area contributed by atoms with E-state index in [0.29, 0.717) is 17.8 Å². The van der Waals surface area contributed by atoms with Crippen molar-refractivity contribution in [2.75, 3.05) is 5.73 Å². The molecule has 0 bridgehead atoms. The zero-order chi connectivity index (χ0) is 13.8. The molecule has 1 heterocycles.